The third-order valence-corrected chi connectivity index (χ3v) is 5.44. The van der Waals surface area contributed by atoms with Crippen molar-refractivity contribution in [2.24, 2.45) is 17.3 Å². The Morgan fingerprint density at radius 3 is 2.75 bits per heavy atom. The van der Waals surface area contributed by atoms with E-state index in [9.17, 15) is 0 Å². The topological polar surface area (TPSA) is 47.9 Å². The molecule has 112 valence electrons. The first-order chi connectivity index (χ1) is 9.43. The predicted octanol–water partition coefficient (Wildman–Crippen LogP) is 3.50. The molecule has 4 atom stereocenters. The summed E-state index contributed by atoms with van der Waals surface area (Å²) in [4.78, 5) is 4.40. The minimum absolute atomic E-state index is 0.0244. The number of methoxy groups -OCH3 is 1. The lowest BCUT2D eigenvalue weighted by molar-refractivity contribution is -0.368. The zero-order valence-electron chi connectivity index (χ0n) is 12.7. The van der Waals surface area contributed by atoms with Crippen LogP contribution in [0.2, 0.25) is 0 Å². The summed E-state index contributed by atoms with van der Waals surface area (Å²) in [7, 11) is 1.67. The normalized spacial score (nSPS) is 42.5. The zero-order valence-corrected chi connectivity index (χ0v) is 12.7. The van der Waals surface area contributed by atoms with Gasteiger partial charge in [0.2, 0.25) is 6.29 Å². The van der Waals surface area contributed by atoms with E-state index in [1.165, 1.54) is 18.4 Å². The summed E-state index contributed by atoms with van der Waals surface area (Å²) >= 11 is 0. The predicted molar refractivity (Wildman–Crippen MR) is 74.8 cm³/mol. The van der Waals surface area contributed by atoms with E-state index in [1.54, 1.807) is 7.11 Å². The summed E-state index contributed by atoms with van der Waals surface area (Å²) < 4.78 is 11.6. The fourth-order valence-corrected chi connectivity index (χ4v) is 4.47. The molecule has 0 aromatic carbocycles. The lowest BCUT2D eigenvalue weighted by Gasteiger charge is -2.52. The van der Waals surface area contributed by atoms with Crippen LogP contribution in [0.4, 0.5) is 0 Å². The molecule has 1 heterocycles. The highest BCUT2D eigenvalue weighted by Crippen LogP contribution is 2.59. The van der Waals surface area contributed by atoms with Crippen molar-refractivity contribution < 1.29 is 19.6 Å². The Morgan fingerprint density at radius 1 is 1.35 bits per heavy atom. The van der Waals surface area contributed by atoms with Crippen LogP contribution >= 0.6 is 0 Å². The zero-order chi connectivity index (χ0) is 14.5. The first-order valence-electron chi connectivity index (χ1n) is 7.36. The molecule has 0 spiro atoms. The maximum atomic E-state index is 8.96. The van der Waals surface area contributed by atoms with Crippen molar-refractivity contribution in [3.63, 3.8) is 0 Å². The van der Waals surface area contributed by atoms with Crippen molar-refractivity contribution in [3.05, 3.63) is 23.3 Å². The van der Waals surface area contributed by atoms with Gasteiger partial charge in [-0.1, -0.05) is 25.5 Å². The van der Waals surface area contributed by atoms with Crippen molar-refractivity contribution in [1.82, 2.24) is 0 Å². The van der Waals surface area contributed by atoms with Crippen LogP contribution < -0.4 is 0 Å². The third kappa shape index (κ3) is 1.90. The van der Waals surface area contributed by atoms with Gasteiger partial charge in [0.15, 0.2) is 5.79 Å². The molecule has 0 aromatic heterocycles. The molecule has 0 aromatic rings. The Labute approximate surface area is 120 Å². The molecule has 3 rings (SSSR count). The smallest absolute Gasteiger partial charge is 0.213 e. The van der Waals surface area contributed by atoms with E-state index >= 15 is 0 Å². The lowest BCUT2D eigenvalue weighted by atomic mass is 9.56. The number of hydrogen-bond donors (Lipinski definition) is 1. The molecular formula is C16H24O4. The third-order valence-electron chi connectivity index (χ3n) is 5.44. The van der Waals surface area contributed by atoms with Gasteiger partial charge in [-0.25, -0.2) is 10.1 Å². The molecule has 0 amide bonds. The van der Waals surface area contributed by atoms with E-state index in [0.717, 1.165) is 12.0 Å². The average molecular weight is 280 g/mol. The first kappa shape index (κ1) is 14.3. The van der Waals surface area contributed by atoms with Gasteiger partial charge in [-0.3, -0.25) is 0 Å². The lowest BCUT2D eigenvalue weighted by Crippen LogP contribution is -2.51. The van der Waals surface area contributed by atoms with E-state index in [0.29, 0.717) is 11.8 Å². The molecule has 0 unspecified atom stereocenters. The van der Waals surface area contributed by atoms with Gasteiger partial charge in [-0.05, 0) is 48.7 Å². The van der Waals surface area contributed by atoms with Gasteiger partial charge in [0, 0.05) is 13.5 Å². The van der Waals surface area contributed by atoms with Gasteiger partial charge in [-0.15, -0.1) is 0 Å². The van der Waals surface area contributed by atoms with Crippen LogP contribution in [0.15, 0.2) is 23.3 Å². The maximum Gasteiger partial charge on any atom is 0.213 e. The number of hydrogen-bond acceptors (Lipinski definition) is 4. The largest absolute Gasteiger partial charge is 0.349 e. The van der Waals surface area contributed by atoms with Crippen LogP contribution in [0.5, 0.6) is 0 Å². The number of fused-ring (bicyclic) bond motifs is 2. The van der Waals surface area contributed by atoms with Crippen LogP contribution in [-0.2, 0) is 14.4 Å². The molecule has 1 fully saturated rings. The van der Waals surface area contributed by atoms with Gasteiger partial charge in [0.25, 0.3) is 0 Å². The Morgan fingerprint density at radius 2 is 2.10 bits per heavy atom. The summed E-state index contributed by atoms with van der Waals surface area (Å²) in [6.07, 6.45) is 6.69. The van der Waals surface area contributed by atoms with E-state index in [4.69, 9.17) is 14.7 Å². The number of allylic oxidation sites excluding steroid dienone is 2. The Bertz CT molecular complexity index is 465. The first-order valence-corrected chi connectivity index (χ1v) is 7.36. The highest BCUT2D eigenvalue weighted by atomic mass is 17.1. The van der Waals surface area contributed by atoms with Gasteiger partial charge < -0.3 is 9.47 Å². The highest BCUT2D eigenvalue weighted by molar-refractivity contribution is 5.33. The SMILES string of the molecule is CO[C@]12C[C@H]3C=C(C)CC[C@H]3C(C)(C)C1=C[C@H](OO)O2. The van der Waals surface area contributed by atoms with Crippen LogP contribution in [0.1, 0.15) is 40.0 Å². The fraction of sp³-hybridized carbons (Fsp3) is 0.750. The molecule has 1 aliphatic heterocycles. The summed E-state index contributed by atoms with van der Waals surface area (Å²) in [6, 6.07) is 0. The summed E-state index contributed by atoms with van der Waals surface area (Å²) in [6.45, 7) is 6.70. The quantitative estimate of drug-likeness (QED) is 0.478. The second kappa shape index (κ2) is 4.67. The Kier molecular flexibility index (Phi) is 3.33. The van der Waals surface area contributed by atoms with E-state index < -0.39 is 12.1 Å². The molecule has 2 aliphatic carbocycles. The van der Waals surface area contributed by atoms with Crippen molar-refractivity contribution in [1.29, 1.82) is 0 Å². The van der Waals surface area contributed by atoms with Gasteiger partial charge in [-0.2, -0.15) is 0 Å². The summed E-state index contributed by atoms with van der Waals surface area (Å²) in [5, 5.41) is 8.96. The van der Waals surface area contributed by atoms with E-state index in [1.807, 2.05) is 6.08 Å². The highest BCUT2D eigenvalue weighted by Gasteiger charge is 2.58. The maximum absolute atomic E-state index is 8.96. The number of rotatable bonds is 2. The van der Waals surface area contributed by atoms with Crippen molar-refractivity contribution in [3.8, 4) is 0 Å². The Balaban J connectivity index is 2.04. The van der Waals surface area contributed by atoms with Crippen molar-refractivity contribution in [2.45, 2.75) is 52.1 Å². The minimum Gasteiger partial charge on any atom is -0.349 e. The molecule has 0 bridgehead atoms. The van der Waals surface area contributed by atoms with Crippen LogP contribution in [0.3, 0.4) is 0 Å². The molecule has 3 aliphatic rings. The van der Waals surface area contributed by atoms with Crippen molar-refractivity contribution >= 4 is 0 Å². The molecule has 20 heavy (non-hydrogen) atoms. The van der Waals surface area contributed by atoms with Crippen molar-refractivity contribution in [2.75, 3.05) is 7.11 Å². The fourth-order valence-electron chi connectivity index (χ4n) is 4.47. The molecule has 1 N–H and O–H groups in total. The molecule has 4 heteroatoms. The van der Waals surface area contributed by atoms with Crippen LogP contribution in [0, 0.1) is 17.3 Å². The molecular weight excluding hydrogens is 256 g/mol. The molecule has 0 saturated heterocycles. The van der Waals surface area contributed by atoms with E-state index in [-0.39, 0.29) is 5.41 Å². The molecule has 4 nitrogen and oxygen atoms in total. The minimum atomic E-state index is -0.758. The van der Waals surface area contributed by atoms with Gasteiger partial charge in [0.1, 0.15) is 0 Å². The summed E-state index contributed by atoms with van der Waals surface area (Å²) in [5.41, 5.74) is 2.54. The molecule has 1 saturated carbocycles. The van der Waals surface area contributed by atoms with Gasteiger partial charge >= 0.3 is 0 Å². The van der Waals surface area contributed by atoms with Crippen LogP contribution in [-0.4, -0.2) is 24.4 Å². The molecule has 0 radical (unpaired) electrons. The van der Waals surface area contributed by atoms with Gasteiger partial charge in [0.05, 0.1) is 0 Å². The number of ether oxygens (including phenoxy) is 2. The summed E-state index contributed by atoms with van der Waals surface area (Å²) in [5.74, 6) is 0.279. The monoisotopic (exact) mass is 280 g/mol. The second-order valence-corrected chi connectivity index (χ2v) is 6.88. The Hall–Kier alpha value is -0.680. The second-order valence-electron chi connectivity index (χ2n) is 6.88. The van der Waals surface area contributed by atoms with Crippen LogP contribution in [0.25, 0.3) is 0 Å². The average Bonchev–Trinajstić information content (AvgIpc) is 2.79. The standard InChI is InChI=1S/C16H24O4/c1-10-5-6-12-11(7-10)9-16(18-4)13(15(12,2)3)8-14(19-16)20-17/h7-8,11-12,14,17H,5-6,9H2,1-4H3/t11-,12-,14+,16+/m1/s1. The van der Waals surface area contributed by atoms with E-state index in [2.05, 4.69) is 31.7 Å².